The molecular weight excluding hydrogens is 256 g/mol. The van der Waals surface area contributed by atoms with Gasteiger partial charge in [0.25, 0.3) is 0 Å². The van der Waals surface area contributed by atoms with E-state index in [4.69, 9.17) is 4.74 Å². The van der Waals surface area contributed by atoms with Crippen LogP contribution in [0.2, 0.25) is 0 Å². The SMILES string of the molecule is COC[C@@]1(CO)C(=O)C2(c3ccncc3)CCN1CC2. The van der Waals surface area contributed by atoms with Crippen molar-refractivity contribution in [2.45, 2.75) is 23.8 Å². The average Bonchev–Trinajstić information content (AvgIpc) is 2.52. The number of pyridine rings is 1. The number of carbonyl (C=O) groups is 1. The second-order valence-electron chi connectivity index (χ2n) is 5.76. The van der Waals surface area contributed by atoms with Crippen molar-refractivity contribution in [1.29, 1.82) is 0 Å². The van der Waals surface area contributed by atoms with Crippen LogP contribution in [0.25, 0.3) is 0 Å². The molecule has 0 aromatic carbocycles. The predicted octanol–water partition coefficient (Wildman–Crippen LogP) is 0.375. The van der Waals surface area contributed by atoms with Crippen molar-refractivity contribution in [3.8, 4) is 0 Å². The van der Waals surface area contributed by atoms with E-state index in [1.807, 2.05) is 12.1 Å². The second-order valence-corrected chi connectivity index (χ2v) is 5.76. The summed E-state index contributed by atoms with van der Waals surface area (Å²) in [7, 11) is 1.58. The van der Waals surface area contributed by atoms with Gasteiger partial charge in [-0.15, -0.1) is 0 Å². The predicted molar refractivity (Wildman–Crippen MR) is 73.4 cm³/mol. The number of aliphatic hydroxyl groups is 1. The van der Waals surface area contributed by atoms with Gasteiger partial charge in [-0.05, 0) is 30.5 Å². The van der Waals surface area contributed by atoms with Crippen molar-refractivity contribution >= 4 is 5.78 Å². The number of methoxy groups -OCH3 is 1. The topological polar surface area (TPSA) is 62.7 Å². The molecule has 0 unspecified atom stereocenters. The van der Waals surface area contributed by atoms with Gasteiger partial charge in [-0.25, -0.2) is 0 Å². The fourth-order valence-electron chi connectivity index (χ4n) is 3.84. The van der Waals surface area contributed by atoms with Crippen LogP contribution in [0.15, 0.2) is 24.5 Å². The molecule has 1 atom stereocenters. The maximum atomic E-state index is 13.2. The van der Waals surface area contributed by atoms with E-state index >= 15 is 0 Å². The summed E-state index contributed by atoms with van der Waals surface area (Å²) in [5.74, 6) is 0.0954. The van der Waals surface area contributed by atoms with Crippen LogP contribution in [0.4, 0.5) is 0 Å². The van der Waals surface area contributed by atoms with Gasteiger partial charge in [-0.1, -0.05) is 0 Å². The van der Waals surface area contributed by atoms with Crippen LogP contribution in [0.5, 0.6) is 0 Å². The Morgan fingerprint density at radius 1 is 1.35 bits per heavy atom. The minimum absolute atomic E-state index is 0.0954. The molecular formula is C15H20N2O3. The van der Waals surface area contributed by atoms with E-state index in [-0.39, 0.29) is 19.0 Å². The first-order chi connectivity index (χ1) is 9.69. The van der Waals surface area contributed by atoms with Gasteiger partial charge in [0.1, 0.15) is 5.54 Å². The molecule has 3 aliphatic heterocycles. The maximum absolute atomic E-state index is 13.2. The summed E-state index contributed by atoms with van der Waals surface area (Å²) < 4.78 is 5.24. The Morgan fingerprint density at radius 2 is 2.00 bits per heavy atom. The number of hydrogen-bond donors (Lipinski definition) is 1. The van der Waals surface area contributed by atoms with Crippen molar-refractivity contribution in [2.75, 3.05) is 33.4 Å². The van der Waals surface area contributed by atoms with E-state index in [1.165, 1.54) is 0 Å². The summed E-state index contributed by atoms with van der Waals surface area (Å²) in [5, 5.41) is 9.87. The van der Waals surface area contributed by atoms with E-state index in [2.05, 4.69) is 9.88 Å². The molecule has 4 heterocycles. The zero-order valence-electron chi connectivity index (χ0n) is 11.7. The number of ketones is 1. The third-order valence-corrected chi connectivity index (χ3v) is 4.96. The second kappa shape index (κ2) is 4.91. The summed E-state index contributed by atoms with van der Waals surface area (Å²) in [5.41, 5.74) is -0.348. The monoisotopic (exact) mass is 276 g/mol. The molecule has 3 saturated heterocycles. The number of nitrogens with zero attached hydrogens (tertiary/aromatic N) is 2. The highest BCUT2D eigenvalue weighted by atomic mass is 16.5. The summed E-state index contributed by atoms with van der Waals surface area (Å²) >= 11 is 0. The number of fused-ring (bicyclic) bond motifs is 3. The van der Waals surface area contributed by atoms with E-state index in [0.717, 1.165) is 31.5 Å². The molecule has 2 bridgehead atoms. The fraction of sp³-hybridized carbons (Fsp3) is 0.600. The fourth-order valence-corrected chi connectivity index (χ4v) is 3.84. The maximum Gasteiger partial charge on any atom is 0.168 e. The van der Waals surface area contributed by atoms with Crippen LogP contribution in [-0.2, 0) is 14.9 Å². The lowest BCUT2D eigenvalue weighted by Gasteiger charge is -2.57. The smallest absolute Gasteiger partial charge is 0.168 e. The van der Waals surface area contributed by atoms with Crippen LogP contribution < -0.4 is 0 Å². The van der Waals surface area contributed by atoms with Gasteiger partial charge in [0.2, 0.25) is 0 Å². The summed E-state index contributed by atoms with van der Waals surface area (Å²) in [6.45, 7) is 1.69. The van der Waals surface area contributed by atoms with Crippen LogP contribution in [-0.4, -0.2) is 59.7 Å². The molecule has 0 radical (unpaired) electrons. The van der Waals surface area contributed by atoms with Crippen LogP contribution >= 0.6 is 0 Å². The third kappa shape index (κ3) is 1.67. The Balaban J connectivity index is 2.07. The Labute approximate surface area is 118 Å². The standard InChI is InChI=1S/C15H20N2O3/c1-20-11-15(10-18)13(19)14(4-8-17(15)9-5-14)12-2-6-16-7-3-12/h2-3,6-7,18H,4-5,8-11H2,1H3/t15-/m0/s1. The molecule has 1 aromatic rings. The number of aromatic nitrogens is 1. The van der Waals surface area contributed by atoms with Gasteiger partial charge in [0.15, 0.2) is 5.78 Å². The molecule has 108 valence electrons. The van der Waals surface area contributed by atoms with Crippen molar-refractivity contribution in [1.82, 2.24) is 9.88 Å². The van der Waals surface area contributed by atoms with E-state index in [0.29, 0.717) is 0 Å². The molecule has 3 aliphatic rings. The highest BCUT2D eigenvalue weighted by Crippen LogP contribution is 2.47. The number of rotatable bonds is 4. The zero-order valence-corrected chi connectivity index (χ0v) is 11.7. The quantitative estimate of drug-likeness (QED) is 0.861. The van der Waals surface area contributed by atoms with E-state index in [1.54, 1.807) is 19.5 Å². The van der Waals surface area contributed by atoms with Crippen LogP contribution in [0.3, 0.4) is 0 Å². The molecule has 0 aliphatic carbocycles. The van der Waals surface area contributed by atoms with Gasteiger partial charge in [0, 0.05) is 32.6 Å². The van der Waals surface area contributed by atoms with E-state index < -0.39 is 11.0 Å². The molecule has 5 nitrogen and oxygen atoms in total. The Bertz CT molecular complexity index is 497. The molecule has 0 spiro atoms. The first-order valence-electron chi connectivity index (χ1n) is 7.00. The van der Waals surface area contributed by atoms with Crippen molar-refractivity contribution < 1.29 is 14.6 Å². The molecule has 1 aromatic heterocycles. The summed E-state index contributed by atoms with van der Waals surface area (Å²) in [4.78, 5) is 19.3. The molecule has 5 heteroatoms. The molecule has 0 amide bonds. The minimum atomic E-state index is -0.880. The van der Waals surface area contributed by atoms with Gasteiger partial charge in [-0.3, -0.25) is 14.7 Å². The van der Waals surface area contributed by atoms with Crippen LogP contribution in [0, 0.1) is 0 Å². The molecule has 20 heavy (non-hydrogen) atoms. The number of carbonyl (C=O) groups excluding carboxylic acids is 1. The van der Waals surface area contributed by atoms with Crippen LogP contribution in [0.1, 0.15) is 18.4 Å². The third-order valence-electron chi connectivity index (χ3n) is 4.96. The Hall–Kier alpha value is -1.30. The number of hydrogen-bond acceptors (Lipinski definition) is 5. The highest BCUT2D eigenvalue weighted by molar-refractivity contribution is 5.99. The van der Waals surface area contributed by atoms with Crippen molar-refractivity contribution in [3.63, 3.8) is 0 Å². The van der Waals surface area contributed by atoms with Gasteiger partial charge in [-0.2, -0.15) is 0 Å². The van der Waals surface area contributed by atoms with Gasteiger partial charge >= 0.3 is 0 Å². The number of Topliss-reactive ketones (excluding diaryl/α,β-unsaturated/α-hetero) is 1. The first-order valence-corrected chi connectivity index (χ1v) is 7.00. The minimum Gasteiger partial charge on any atom is -0.394 e. The molecule has 3 fully saturated rings. The zero-order chi connectivity index (χ0) is 14.2. The Morgan fingerprint density at radius 3 is 2.55 bits per heavy atom. The molecule has 1 N–H and O–H groups in total. The summed E-state index contributed by atoms with van der Waals surface area (Å²) in [6, 6.07) is 3.85. The average molecular weight is 276 g/mol. The largest absolute Gasteiger partial charge is 0.394 e. The molecule has 4 rings (SSSR count). The lowest BCUT2D eigenvalue weighted by Crippen LogP contribution is -2.73. The molecule has 0 saturated carbocycles. The van der Waals surface area contributed by atoms with Crippen molar-refractivity contribution in [2.24, 2.45) is 0 Å². The van der Waals surface area contributed by atoms with E-state index in [9.17, 15) is 9.90 Å². The Kier molecular flexibility index (Phi) is 3.36. The highest BCUT2D eigenvalue weighted by Gasteiger charge is 2.60. The number of piperidine rings is 3. The lowest BCUT2D eigenvalue weighted by molar-refractivity contribution is -0.162. The lowest BCUT2D eigenvalue weighted by atomic mass is 9.60. The first kappa shape index (κ1) is 13.7. The van der Waals surface area contributed by atoms with Crippen molar-refractivity contribution in [3.05, 3.63) is 30.1 Å². The normalized spacial score (nSPS) is 36.3. The number of aliphatic hydroxyl groups excluding tert-OH is 1. The van der Waals surface area contributed by atoms with Gasteiger partial charge < -0.3 is 9.84 Å². The summed E-state index contributed by atoms with van der Waals surface area (Å²) in [6.07, 6.45) is 5.08. The number of ether oxygens (including phenoxy) is 1. The van der Waals surface area contributed by atoms with Gasteiger partial charge in [0.05, 0.1) is 18.6 Å².